The number of aryl methyl sites for hydroxylation is 1. The fraction of sp³-hybridized carbons (Fsp3) is 0.304. The molecule has 0 saturated carbocycles. The number of benzene rings is 2. The van der Waals surface area contributed by atoms with E-state index in [9.17, 15) is 14.4 Å². The zero-order chi connectivity index (χ0) is 24.5. The van der Waals surface area contributed by atoms with Crippen LogP contribution in [0.3, 0.4) is 0 Å². The summed E-state index contributed by atoms with van der Waals surface area (Å²) in [5, 5.41) is 9.50. The predicted molar refractivity (Wildman–Crippen MR) is 132 cm³/mol. The molecule has 2 aromatic carbocycles. The van der Waals surface area contributed by atoms with Gasteiger partial charge in [0.25, 0.3) is 5.91 Å². The third-order valence-electron chi connectivity index (χ3n) is 4.88. The Hall–Kier alpha value is -2.95. The van der Waals surface area contributed by atoms with Gasteiger partial charge in [-0.25, -0.2) is 5.43 Å². The molecule has 1 atom stereocenters. The molecule has 34 heavy (non-hydrogen) atoms. The number of carbonyl (C=O) groups excluding carboxylic acids is 3. The van der Waals surface area contributed by atoms with Crippen molar-refractivity contribution in [1.82, 2.24) is 10.7 Å². The molecule has 3 rings (SSSR count). The molecule has 1 aliphatic rings. The van der Waals surface area contributed by atoms with Gasteiger partial charge in [-0.05, 0) is 61.7 Å². The van der Waals surface area contributed by atoms with Crippen molar-refractivity contribution in [1.29, 1.82) is 0 Å². The highest BCUT2D eigenvalue weighted by atomic mass is 79.9. The van der Waals surface area contributed by atoms with Crippen LogP contribution in [0, 0.1) is 6.92 Å². The van der Waals surface area contributed by atoms with Gasteiger partial charge in [0.1, 0.15) is 5.75 Å². The number of carbonyl (C=O) groups is 3. The molecule has 0 unspecified atom stereocenters. The van der Waals surface area contributed by atoms with Gasteiger partial charge in [-0.2, -0.15) is 5.10 Å². The summed E-state index contributed by atoms with van der Waals surface area (Å²) in [6, 6.07) is 10.2. The number of halogens is 2. The van der Waals surface area contributed by atoms with Gasteiger partial charge in [-0.1, -0.05) is 27.5 Å². The summed E-state index contributed by atoms with van der Waals surface area (Å²) in [5.41, 5.74) is 4.15. The number of hydrogen-bond acceptors (Lipinski definition) is 6. The normalized spacial score (nSPS) is 15.2. The minimum Gasteiger partial charge on any atom is -0.483 e. The van der Waals surface area contributed by atoms with Crippen molar-refractivity contribution in [2.24, 2.45) is 5.10 Å². The molecule has 1 heterocycles. The zero-order valence-electron chi connectivity index (χ0n) is 18.4. The van der Waals surface area contributed by atoms with E-state index < -0.39 is 11.8 Å². The number of rotatable bonds is 8. The maximum absolute atomic E-state index is 12.3. The van der Waals surface area contributed by atoms with Crippen LogP contribution in [0.5, 0.6) is 5.75 Å². The van der Waals surface area contributed by atoms with Gasteiger partial charge < -0.3 is 20.1 Å². The monoisotopic (exact) mass is 550 g/mol. The molecule has 1 fully saturated rings. The third kappa shape index (κ3) is 7.82. The Morgan fingerprint density at radius 2 is 2.06 bits per heavy atom. The highest BCUT2D eigenvalue weighted by Gasteiger charge is 2.19. The smallest absolute Gasteiger partial charge is 0.329 e. The second-order valence-corrected chi connectivity index (χ2v) is 8.87. The van der Waals surface area contributed by atoms with E-state index >= 15 is 0 Å². The molecule has 1 aliphatic heterocycles. The number of amides is 3. The van der Waals surface area contributed by atoms with Crippen LogP contribution in [-0.4, -0.2) is 49.8 Å². The molecule has 3 N–H and O–H groups in total. The maximum Gasteiger partial charge on any atom is 0.329 e. The Labute approximate surface area is 210 Å². The first-order valence-electron chi connectivity index (χ1n) is 10.5. The minimum atomic E-state index is -0.914. The van der Waals surface area contributed by atoms with Crippen LogP contribution >= 0.6 is 27.5 Å². The first-order valence-corrected chi connectivity index (χ1v) is 11.7. The largest absolute Gasteiger partial charge is 0.483 e. The molecule has 0 radical (unpaired) electrons. The fourth-order valence-corrected chi connectivity index (χ4v) is 3.81. The molecular weight excluding hydrogens is 528 g/mol. The Bertz CT molecular complexity index is 1090. The summed E-state index contributed by atoms with van der Waals surface area (Å²) < 4.78 is 11.9. The molecule has 1 saturated heterocycles. The molecular formula is C23H24BrClN4O5. The van der Waals surface area contributed by atoms with Crippen LogP contribution < -0.4 is 20.8 Å². The Morgan fingerprint density at radius 1 is 1.24 bits per heavy atom. The van der Waals surface area contributed by atoms with Crippen molar-refractivity contribution >= 4 is 57.2 Å². The van der Waals surface area contributed by atoms with Gasteiger partial charge in [0.2, 0.25) is 0 Å². The van der Waals surface area contributed by atoms with Gasteiger partial charge in [0.15, 0.2) is 6.61 Å². The van der Waals surface area contributed by atoms with Gasteiger partial charge in [0, 0.05) is 33.9 Å². The lowest BCUT2D eigenvalue weighted by Gasteiger charge is -2.11. The van der Waals surface area contributed by atoms with Crippen molar-refractivity contribution in [3.63, 3.8) is 0 Å². The number of nitrogens with one attached hydrogen (secondary N) is 3. The fourth-order valence-electron chi connectivity index (χ4n) is 3.15. The molecule has 2 aromatic rings. The van der Waals surface area contributed by atoms with Gasteiger partial charge >= 0.3 is 11.8 Å². The quantitative estimate of drug-likeness (QED) is 0.265. The van der Waals surface area contributed by atoms with Crippen LogP contribution in [0.15, 0.2) is 46.0 Å². The Morgan fingerprint density at radius 3 is 2.79 bits per heavy atom. The number of nitrogens with zero attached hydrogens (tertiary/aromatic N) is 1. The summed E-state index contributed by atoms with van der Waals surface area (Å²) in [5.74, 6) is -1.74. The first-order chi connectivity index (χ1) is 16.3. The summed E-state index contributed by atoms with van der Waals surface area (Å²) in [6.45, 7) is 2.55. The zero-order valence-corrected chi connectivity index (χ0v) is 20.7. The predicted octanol–water partition coefficient (Wildman–Crippen LogP) is 3.17. The SMILES string of the molecule is Cc1cc(Br)ccc1NC(=O)COc1ccc(Cl)cc1/C=N\NC(=O)C(=O)NC[C@H]1CCCO1. The van der Waals surface area contributed by atoms with E-state index in [2.05, 4.69) is 37.1 Å². The van der Waals surface area contributed by atoms with Gasteiger partial charge in [0.05, 0.1) is 12.3 Å². The van der Waals surface area contributed by atoms with Gasteiger partial charge in [-0.3, -0.25) is 14.4 Å². The molecule has 0 aromatic heterocycles. The first kappa shape index (κ1) is 25.7. The third-order valence-corrected chi connectivity index (χ3v) is 5.61. The van der Waals surface area contributed by atoms with Crippen molar-refractivity contribution in [3.8, 4) is 5.75 Å². The van der Waals surface area contributed by atoms with Crippen LogP contribution in [0.2, 0.25) is 5.02 Å². The number of hydrazone groups is 1. The van der Waals surface area contributed by atoms with E-state index in [1.54, 1.807) is 24.3 Å². The van der Waals surface area contributed by atoms with E-state index in [0.29, 0.717) is 28.6 Å². The molecule has 180 valence electrons. The summed E-state index contributed by atoms with van der Waals surface area (Å²) in [4.78, 5) is 36.1. The molecule has 3 amide bonds. The van der Waals surface area contributed by atoms with Crippen LogP contribution in [0.1, 0.15) is 24.0 Å². The van der Waals surface area contributed by atoms with Crippen molar-refractivity contribution < 1.29 is 23.9 Å². The second-order valence-electron chi connectivity index (χ2n) is 7.52. The lowest BCUT2D eigenvalue weighted by atomic mass is 10.2. The van der Waals surface area contributed by atoms with E-state index in [4.69, 9.17) is 21.1 Å². The van der Waals surface area contributed by atoms with Crippen LogP contribution in [-0.2, 0) is 19.1 Å². The van der Waals surface area contributed by atoms with E-state index in [1.165, 1.54) is 6.21 Å². The number of anilines is 1. The molecule has 9 nitrogen and oxygen atoms in total. The molecule has 11 heteroatoms. The number of ether oxygens (including phenoxy) is 2. The van der Waals surface area contributed by atoms with E-state index in [1.807, 2.05) is 19.1 Å². The minimum absolute atomic E-state index is 0.0729. The lowest BCUT2D eigenvalue weighted by Crippen LogP contribution is -2.41. The Balaban J connectivity index is 1.53. The van der Waals surface area contributed by atoms with Crippen molar-refractivity contribution in [3.05, 3.63) is 57.0 Å². The summed E-state index contributed by atoms with van der Waals surface area (Å²) >= 11 is 9.43. The van der Waals surface area contributed by atoms with Crippen molar-refractivity contribution in [2.45, 2.75) is 25.9 Å². The van der Waals surface area contributed by atoms with Crippen LogP contribution in [0.4, 0.5) is 5.69 Å². The summed E-state index contributed by atoms with van der Waals surface area (Å²) in [7, 11) is 0. The maximum atomic E-state index is 12.3. The highest BCUT2D eigenvalue weighted by molar-refractivity contribution is 9.10. The molecule has 0 aliphatic carbocycles. The molecule has 0 bridgehead atoms. The average Bonchev–Trinajstić information content (AvgIpc) is 3.32. The summed E-state index contributed by atoms with van der Waals surface area (Å²) in [6.07, 6.45) is 2.99. The van der Waals surface area contributed by atoms with Crippen molar-refractivity contribution in [2.75, 3.05) is 25.1 Å². The topological polar surface area (TPSA) is 118 Å². The van der Waals surface area contributed by atoms with E-state index in [-0.39, 0.29) is 25.2 Å². The van der Waals surface area contributed by atoms with Crippen LogP contribution in [0.25, 0.3) is 0 Å². The Kier molecular flexibility index (Phi) is 9.43. The van der Waals surface area contributed by atoms with E-state index in [0.717, 1.165) is 22.9 Å². The highest BCUT2D eigenvalue weighted by Crippen LogP contribution is 2.22. The molecule has 0 spiro atoms. The standard InChI is InChI=1S/C23H24BrClN4O5/c1-14-9-16(24)4-6-19(14)28-21(30)13-34-20-7-5-17(25)10-15(20)11-27-29-23(32)22(31)26-12-18-3-2-8-33-18/h4-7,9-11,18H,2-3,8,12-13H2,1H3,(H,26,31)(H,28,30)(H,29,32)/b27-11-/t18-/m1/s1. The lowest BCUT2D eigenvalue weighted by molar-refractivity contribution is -0.139. The average molecular weight is 552 g/mol. The number of hydrogen-bond donors (Lipinski definition) is 3. The van der Waals surface area contributed by atoms with Gasteiger partial charge in [-0.15, -0.1) is 0 Å². The second kappa shape index (κ2) is 12.5.